The highest BCUT2D eigenvalue weighted by molar-refractivity contribution is 5.25. The first-order valence-corrected chi connectivity index (χ1v) is 9.06. The average molecular weight is 308 g/mol. The highest BCUT2D eigenvalue weighted by atomic mass is 19.1. The Balaban J connectivity index is 1.68. The molecule has 3 fully saturated rings. The van der Waals surface area contributed by atoms with Crippen molar-refractivity contribution in [2.45, 2.75) is 77.2 Å². The zero-order valence-electron chi connectivity index (χ0n) is 13.8. The summed E-state index contributed by atoms with van der Waals surface area (Å²) in [6, 6.07) is 0. The number of alkyl halides is 1. The summed E-state index contributed by atoms with van der Waals surface area (Å²) < 4.78 is 14.2. The summed E-state index contributed by atoms with van der Waals surface area (Å²) in [4.78, 5) is 0. The van der Waals surface area contributed by atoms with E-state index in [9.17, 15) is 14.6 Å². The Bertz CT molecular complexity index is 504. The van der Waals surface area contributed by atoms with E-state index < -0.39 is 12.3 Å². The predicted molar refractivity (Wildman–Crippen MR) is 84.0 cm³/mol. The molecule has 22 heavy (non-hydrogen) atoms. The van der Waals surface area contributed by atoms with Crippen molar-refractivity contribution >= 4 is 0 Å². The van der Waals surface area contributed by atoms with Gasteiger partial charge in [0.25, 0.3) is 0 Å². The van der Waals surface area contributed by atoms with Gasteiger partial charge in [0.15, 0.2) is 0 Å². The highest BCUT2D eigenvalue weighted by Crippen LogP contribution is 2.65. The Hall–Kier alpha value is -0.410. The molecule has 8 atom stereocenters. The molecule has 124 valence electrons. The number of hydrogen-bond acceptors (Lipinski definition) is 2. The SMILES string of the molecule is C[C@]12CCC(O)CC1=CC[C@@H]1[C@H]2CC[C@]2(C)C(O)C(F)C[C@@H]12. The van der Waals surface area contributed by atoms with Gasteiger partial charge in [-0.1, -0.05) is 25.5 Å². The summed E-state index contributed by atoms with van der Waals surface area (Å²) >= 11 is 0. The van der Waals surface area contributed by atoms with Crippen LogP contribution in [-0.4, -0.2) is 28.6 Å². The maximum atomic E-state index is 14.2. The molecule has 0 radical (unpaired) electrons. The van der Waals surface area contributed by atoms with Crippen molar-refractivity contribution in [2.75, 3.05) is 0 Å². The number of halogens is 1. The van der Waals surface area contributed by atoms with Gasteiger partial charge in [0.1, 0.15) is 6.17 Å². The molecule has 2 nitrogen and oxygen atoms in total. The molecular weight excluding hydrogens is 279 g/mol. The molecule has 0 aromatic carbocycles. The largest absolute Gasteiger partial charge is 0.393 e. The van der Waals surface area contributed by atoms with Crippen LogP contribution in [0.5, 0.6) is 0 Å². The summed E-state index contributed by atoms with van der Waals surface area (Å²) in [7, 11) is 0. The number of rotatable bonds is 0. The van der Waals surface area contributed by atoms with Gasteiger partial charge in [-0.25, -0.2) is 4.39 Å². The standard InChI is InChI=1S/C19H29FO2/c1-18-7-5-12(21)9-11(18)3-4-13-14(18)6-8-19(2)15(13)10-16(20)17(19)22/h3,12-17,21-22H,4-10H2,1-2H3/t12?,13-,14-,15+,16?,17?,18+,19+/m1/s1. The maximum absolute atomic E-state index is 14.2. The predicted octanol–water partition coefficient (Wildman–Crippen LogP) is 3.62. The summed E-state index contributed by atoms with van der Waals surface area (Å²) in [6.07, 6.45) is 6.76. The van der Waals surface area contributed by atoms with Crippen molar-refractivity contribution in [3.8, 4) is 0 Å². The van der Waals surface area contributed by atoms with Gasteiger partial charge in [0.2, 0.25) is 0 Å². The molecule has 3 saturated carbocycles. The highest BCUT2D eigenvalue weighted by Gasteiger charge is 2.61. The number of hydrogen-bond donors (Lipinski definition) is 2. The fourth-order valence-corrected chi connectivity index (χ4v) is 6.59. The molecule has 0 bridgehead atoms. The molecule has 3 unspecified atom stereocenters. The minimum atomic E-state index is -1.04. The Morgan fingerprint density at radius 2 is 1.91 bits per heavy atom. The number of fused-ring (bicyclic) bond motifs is 5. The molecule has 4 aliphatic carbocycles. The van der Waals surface area contributed by atoms with Gasteiger partial charge in [-0.2, -0.15) is 0 Å². The monoisotopic (exact) mass is 308 g/mol. The minimum Gasteiger partial charge on any atom is -0.393 e. The van der Waals surface area contributed by atoms with Crippen LogP contribution in [0.3, 0.4) is 0 Å². The van der Waals surface area contributed by atoms with Crippen LogP contribution in [0.1, 0.15) is 58.8 Å². The molecule has 0 aliphatic heterocycles. The second-order valence-electron chi connectivity index (χ2n) is 8.90. The van der Waals surface area contributed by atoms with Crippen LogP contribution in [0, 0.1) is 28.6 Å². The van der Waals surface area contributed by atoms with Gasteiger partial charge in [-0.15, -0.1) is 0 Å². The number of aliphatic hydroxyl groups is 2. The van der Waals surface area contributed by atoms with Crippen molar-refractivity contribution in [3.05, 3.63) is 11.6 Å². The smallest absolute Gasteiger partial charge is 0.127 e. The Morgan fingerprint density at radius 1 is 1.14 bits per heavy atom. The van der Waals surface area contributed by atoms with E-state index in [4.69, 9.17) is 0 Å². The van der Waals surface area contributed by atoms with Crippen LogP contribution in [0.2, 0.25) is 0 Å². The summed E-state index contributed by atoms with van der Waals surface area (Å²) in [5.74, 6) is 1.44. The van der Waals surface area contributed by atoms with E-state index in [2.05, 4.69) is 19.9 Å². The first-order valence-electron chi connectivity index (χ1n) is 9.06. The Kier molecular flexibility index (Phi) is 3.30. The summed E-state index contributed by atoms with van der Waals surface area (Å²) in [5.41, 5.74) is 1.42. The van der Waals surface area contributed by atoms with Gasteiger partial charge >= 0.3 is 0 Å². The van der Waals surface area contributed by atoms with Gasteiger partial charge in [-0.05, 0) is 73.5 Å². The average Bonchev–Trinajstić information content (AvgIpc) is 2.72. The molecule has 0 aromatic rings. The zero-order chi connectivity index (χ0) is 15.7. The molecule has 0 heterocycles. The van der Waals surface area contributed by atoms with Crippen molar-refractivity contribution in [1.82, 2.24) is 0 Å². The molecule has 0 aromatic heterocycles. The minimum absolute atomic E-state index is 0.173. The second kappa shape index (κ2) is 4.80. The van der Waals surface area contributed by atoms with Crippen LogP contribution in [0.15, 0.2) is 11.6 Å². The number of allylic oxidation sites excluding steroid dienone is 1. The van der Waals surface area contributed by atoms with E-state index >= 15 is 0 Å². The number of aliphatic hydroxyl groups excluding tert-OH is 2. The van der Waals surface area contributed by atoms with E-state index in [0.717, 1.165) is 38.5 Å². The van der Waals surface area contributed by atoms with Gasteiger partial charge in [0.05, 0.1) is 12.2 Å². The molecule has 4 aliphatic rings. The molecular formula is C19H29FO2. The Morgan fingerprint density at radius 3 is 2.68 bits per heavy atom. The molecule has 0 spiro atoms. The van der Waals surface area contributed by atoms with E-state index in [1.807, 2.05) is 0 Å². The van der Waals surface area contributed by atoms with Crippen LogP contribution in [0.25, 0.3) is 0 Å². The van der Waals surface area contributed by atoms with E-state index in [-0.39, 0.29) is 16.9 Å². The maximum Gasteiger partial charge on any atom is 0.127 e. The summed E-state index contributed by atoms with van der Waals surface area (Å²) in [5, 5.41) is 20.3. The van der Waals surface area contributed by atoms with Crippen LogP contribution in [0.4, 0.5) is 4.39 Å². The van der Waals surface area contributed by atoms with Crippen molar-refractivity contribution in [2.24, 2.45) is 28.6 Å². The third-order valence-electron chi connectivity index (χ3n) is 8.01. The van der Waals surface area contributed by atoms with Gasteiger partial charge < -0.3 is 10.2 Å². The van der Waals surface area contributed by atoms with E-state index in [1.165, 1.54) is 5.57 Å². The lowest BCUT2D eigenvalue weighted by Crippen LogP contribution is -2.51. The van der Waals surface area contributed by atoms with Crippen LogP contribution in [-0.2, 0) is 0 Å². The first-order chi connectivity index (χ1) is 10.4. The third-order valence-corrected chi connectivity index (χ3v) is 8.01. The normalized spacial score (nSPS) is 57.6. The zero-order valence-corrected chi connectivity index (χ0v) is 13.8. The fraction of sp³-hybridized carbons (Fsp3) is 0.895. The van der Waals surface area contributed by atoms with Crippen molar-refractivity contribution in [1.29, 1.82) is 0 Å². The topological polar surface area (TPSA) is 40.5 Å². The molecule has 3 heteroatoms. The van der Waals surface area contributed by atoms with Gasteiger partial charge in [-0.3, -0.25) is 0 Å². The lowest BCUT2D eigenvalue weighted by molar-refractivity contribution is -0.0763. The summed E-state index contributed by atoms with van der Waals surface area (Å²) in [6.45, 7) is 4.49. The van der Waals surface area contributed by atoms with E-state index in [0.29, 0.717) is 24.2 Å². The van der Waals surface area contributed by atoms with Crippen molar-refractivity contribution in [3.63, 3.8) is 0 Å². The van der Waals surface area contributed by atoms with E-state index in [1.54, 1.807) is 0 Å². The van der Waals surface area contributed by atoms with Crippen LogP contribution >= 0.6 is 0 Å². The molecule has 2 N–H and O–H groups in total. The second-order valence-corrected chi connectivity index (χ2v) is 8.90. The van der Waals surface area contributed by atoms with Crippen LogP contribution < -0.4 is 0 Å². The lowest BCUT2D eigenvalue weighted by Gasteiger charge is -2.57. The first kappa shape index (κ1) is 15.1. The molecule has 0 amide bonds. The lowest BCUT2D eigenvalue weighted by atomic mass is 9.48. The molecule has 0 saturated heterocycles. The van der Waals surface area contributed by atoms with Gasteiger partial charge in [0, 0.05) is 0 Å². The fourth-order valence-electron chi connectivity index (χ4n) is 6.59. The Labute approximate surface area is 132 Å². The van der Waals surface area contributed by atoms with Crippen molar-refractivity contribution < 1.29 is 14.6 Å². The third kappa shape index (κ3) is 1.84. The molecule has 4 rings (SSSR count). The quantitative estimate of drug-likeness (QED) is 0.671.